The quantitative estimate of drug-likeness (QED) is 0.0669. The van der Waals surface area contributed by atoms with Gasteiger partial charge in [-0.25, -0.2) is 94.1 Å². The van der Waals surface area contributed by atoms with Crippen LogP contribution in [-0.2, 0) is 26.2 Å². The number of aryl methyl sites for hydroxylation is 8. The van der Waals surface area contributed by atoms with Crippen LogP contribution in [0.4, 0.5) is 29.1 Å². The second kappa shape index (κ2) is 33.6. The molecular weight excluding hydrogens is 1640 g/mol. The normalized spacial score (nSPS) is 11.3. The molecule has 0 bridgehead atoms. The zero-order chi connectivity index (χ0) is 89.7. The van der Waals surface area contributed by atoms with Gasteiger partial charge in [0.15, 0.2) is 51.0 Å². The maximum Gasteiger partial charge on any atom is 0.308 e. The highest BCUT2D eigenvalue weighted by atomic mass is 16.3. The molecule has 38 nitrogen and oxygen atoms in total. The highest BCUT2D eigenvalue weighted by molar-refractivity contribution is 5.99. The van der Waals surface area contributed by atoms with Crippen molar-refractivity contribution >= 4 is 117 Å². The van der Waals surface area contributed by atoms with E-state index in [1.54, 1.807) is 99.8 Å². The molecule has 16 heterocycles. The summed E-state index contributed by atoms with van der Waals surface area (Å²) >= 11 is 0. The van der Waals surface area contributed by atoms with E-state index in [-0.39, 0.29) is 71.6 Å². The summed E-state index contributed by atoms with van der Waals surface area (Å²) in [5.74, 6) is 3.16. The van der Waals surface area contributed by atoms with E-state index < -0.39 is 0 Å². The van der Waals surface area contributed by atoms with Crippen LogP contribution in [0.2, 0.25) is 0 Å². The molecule has 5 aromatic carbocycles. The summed E-state index contributed by atoms with van der Waals surface area (Å²) in [5.41, 5.74) is 38.5. The average Bonchev–Trinajstić information content (AvgIpc) is 1.76. The zero-order valence-corrected chi connectivity index (χ0v) is 70.3. The highest BCUT2D eigenvalue weighted by Gasteiger charge is 2.27. The number of pyridine rings is 4. The molecule has 0 aliphatic heterocycles. The van der Waals surface area contributed by atoms with Gasteiger partial charge in [-0.3, -0.25) is 37.4 Å². The molecular formula is C91H75N33O5. The van der Waals surface area contributed by atoms with Crippen molar-refractivity contribution < 1.29 is 5.11 Å². The minimum Gasteiger partial charge on any atom is -0.508 e. The molecule has 0 saturated carbocycles. The van der Waals surface area contributed by atoms with Gasteiger partial charge >= 0.3 is 5.82 Å². The highest BCUT2D eigenvalue weighted by Crippen LogP contribution is 2.34. The molecule has 0 saturated heterocycles. The van der Waals surface area contributed by atoms with Gasteiger partial charge in [-0.15, -0.1) is 0 Å². The number of aromatic hydroxyl groups is 1. The molecule has 0 atom stereocenters. The van der Waals surface area contributed by atoms with Gasteiger partial charge in [-0.1, -0.05) is 91.5 Å². The van der Waals surface area contributed by atoms with E-state index >= 15 is 0 Å². The topological polar surface area (TPSA) is 494 Å². The van der Waals surface area contributed by atoms with Crippen LogP contribution in [0.15, 0.2) is 227 Å². The van der Waals surface area contributed by atoms with Crippen molar-refractivity contribution in [3.63, 3.8) is 0 Å². The lowest BCUT2D eigenvalue weighted by Crippen LogP contribution is -2.27. The van der Waals surface area contributed by atoms with Crippen LogP contribution in [-0.4, -0.2) is 142 Å². The van der Waals surface area contributed by atoms with E-state index in [1.807, 2.05) is 171 Å². The molecule has 9 N–H and O–H groups in total. The predicted molar refractivity (Wildman–Crippen MR) is 487 cm³/mol. The first-order valence-corrected chi connectivity index (χ1v) is 40.2. The van der Waals surface area contributed by atoms with Gasteiger partial charge in [0.25, 0.3) is 22.2 Å². The number of rotatable bonds is 13. The number of nitrogens with zero attached hydrogens (tertiary/aromatic N) is 29. The van der Waals surface area contributed by atoms with Crippen LogP contribution in [0.5, 0.6) is 5.75 Å². The Hall–Kier alpha value is -18.1. The van der Waals surface area contributed by atoms with Crippen LogP contribution in [0.25, 0.3) is 127 Å². The van der Waals surface area contributed by atoms with Crippen LogP contribution in [0.3, 0.4) is 0 Å². The van der Waals surface area contributed by atoms with Crippen LogP contribution < -0.4 is 45.2 Å². The Balaban J connectivity index is 0.000000116. The molecule has 21 aromatic rings. The maximum atomic E-state index is 13.9. The maximum absolute atomic E-state index is 13.9. The smallest absolute Gasteiger partial charge is 0.308 e. The summed E-state index contributed by atoms with van der Waals surface area (Å²) in [6.07, 6.45) is 15.3. The lowest BCUT2D eigenvalue weighted by molar-refractivity contribution is 0.475. The SMILES string of the molecule is Cc1ccccc1-n1c(Cn2cnc3c(N)ncnc32)nc2nccc(C)c2c1=O.Cc1ccccc1-n1c(Cn2nc(-c3cccc(O)c3)c3c(N)ncnc32)nc2nccc(C)c2c1=O.Cc1ccccc1-n1c(Cn2ncc3c(N)ncnc32)nc2nccc(C)c2c1=O.[C-]#[N+]c1nn(Cc2nc3nccc(C)c3c(=O)n2-c2ccccc2C)c2ncnc(N)c12. The Morgan fingerprint density at radius 2 is 0.729 bits per heavy atom. The fourth-order valence-corrected chi connectivity index (χ4v) is 15.6. The van der Waals surface area contributed by atoms with Crippen LogP contribution in [0, 0.1) is 62.0 Å². The molecule has 0 fully saturated rings. The largest absolute Gasteiger partial charge is 0.508 e. The van der Waals surface area contributed by atoms with Crippen molar-refractivity contribution in [2.75, 3.05) is 22.9 Å². The van der Waals surface area contributed by atoms with E-state index in [1.165, 1.54) is 30.0 Å². The van der Waals surface area contributed by atoms with Crippen molar-refractivity contribution in [1.82, 2.24) is 137 Å². The van der Waals surface area contributed by atoms with Gasteiger partial charge in [0.05, 0.1) is 79.5 Å². The van der Waals surface area contributed by atoms with Gasteiger partial charge < -0.3 is 37.5 Å². The molecule has 0 spiro atoms. The van der Waals surface area contributed by atoms with Gasteiger partial charge in [-0.2, -0.15) is 14.9 Å². The lowest BCUT2D eigenvalue weighted by Gasteiger charge is -2.16. The molecule has 0 aliphatic carbocycles. The first-order chi connectivity index (χ1) is 62.5. The fourth-order valence-electron chi connectivity index (χ4n) is 15.6. The third-order valence-electron chi connectivity index (χ3n) is 22.0. The Bertz CT molecular complexity index is 8200. The third kappa shape index (κ3) is 15.0. The number of imidazole rings is 1. The number of anilines is 4. The minimum atomic E-state index is -0.221. The number of nitrogens with two attached hydrogens (primary N) is 4. The number of aromatic nitrogens is 28. The molecule has 634 valence electrons. The van der Waals surface area contributed by atoms with Gasteiger partial charge in [0, 0.05) is 30.4 Å². The zero-order valence-electron chi connectivity index (χ0n) is 70.3. The Labute approximate surface area is 728 Å². The number of hydrogen-bond donors (Lipinski definition) is 5. The monoisotopic (exact) mass is 1710 g/mol. The van der Waals surface area contributed by atoms with Gasteiger partial charge in [-0.05, 0) is 166 Å². The van der Waals surface area contributed by atoms with Crippen LogP contribution in [0.1, 0.15) is 67.8 Å². The standard InChI is InChI=1S/C27H22N8O2.C22H17N9O.2C21H18N8O/c1-15-6-3-4-9-19(15)35-20(32-25-21(27(35)37)16(2)10-11-29-25)13-34-26-22(24(28)30-14-31-26)23(33-34)17-7-5-8-18(36)12-17;1-12-6-4-5-7-14(12)31-15(28-20-16(22(31)32)13(2)8-9-25-20)10-30-21-17(19(24-3)29-30)18(23)26-11-27-21;1-12-5-3-4-6-15(12)29-16(27-19-17(21(29)30)13(2)7-8-23-19)10-28-20-14(9-26-28)18(22)24-11-25-20;1-12-5-3-4-6-14(12)29-15(27-19-16(21(29)30)13(2)7-8-23-19)9-28-11-26-17-18(22)24-10-25-20(17)28/h3-12,14,36H,13H2,1-2H3,(H2,28,30,31);4-9,11H,10H2,1-2H3,(H2,23,26,27);3-9,11H,10H2,1-2H3,(H2,22,24,25);3-8,10-11H,9H2,1-2H3,(H2,22,24,25). The summed E-state index contributed by atoms with van der Waals surface area (Å²) in [6, 6.07) is 44.6. The molecule has 38 heteroatoms. The number of phenolic OH excluding ortho intramolecular Hbond substituents is 1. The fraction of sp³-hybridized carbons (Fsp3) is 0.132. The van der Waals surface area contributed by atoms with E-state index in [4.69, 9.17) is 54.5 Å². The first-order valence-electron chi connectivity index (χ1n) is 40.2. The molecule has 0 amide bonds. The number of benzene rings is 5. The van der Waals surface area contributed by atoms with Crippen molar-refractivity contribution in [1.29, 1.82) is 0 Å². The number of fused-ring (bicyclic) bond motifs is 8. The van der Waals surface area contributed by atoms with Gasteiger partial charge in [0.1, 0.15) is 103 Å². The van der Waals surface area contributed by atoms with Crippen molar-refractivity contribution in [2.45, 2.75) is 81.6 Å². The first kappa shape index (κ1) is 81.9. The average molecular weight is 1710 g/mol. The molecule has 16 aromatic heterocycles. The Morgan fingerprint density at radius 1 is 0.357 bits per heavy atom. The molecule has 21 rings (SSSR count). The van der Waals surface area contributed by atoms with E-state index in [9.17, 15) is 24.3 Å². The Kier molecular flexibility index (Phi) is 21.4. The Morgan fingerprint density at radius 3 is 1.16 bits per heavy atom. The summed E-state index contributed by atoms with van der Waals surface area (Å²) in [6.45, 7) is 23.4. The summed E-state index contributed by atoms with van der Waals surface area (Å²) in [4.78, 5) is 132. The summed E-state index contributed by atoms with van der Waals surface area (Å²) in [7, 11) is 0. The second-order valence-corrected chi connectivity index (χ2v) is 30.3. The van der Waals surface area contributed by atoms with E-state index in [0.717, 1.165) is 61.6 Å². The minimum absolute atomic E-state index is 0.0810. The van der Waals surface area contributed by atoms with Crippen molar-refractivity contribution in [3.8, 4) is 39.8 Å². The number of phenols is 1. The molecule has 0 radical (unpaired) electrons. The summed E-state index contributed by atoms with van der Waals surface area (Å²) < 4.78 is 13.1. The lowest BCUT2D eigenvalue weighted by atomic mass is 10.1. The predicted octanol–water partition coefficient (Wildman–Crippen LogP) is 10.6. The number of para-hydroxylation sites is 4. The molecule has 129 heavy (non-hydrogen) atoms. The second-order valence-electron chi connectivity index (χ2n) is 30.3. The van der Waals surface area contributed by atoms with Crippen molar-refractivity contribution in [3.05, 3.63) is 329 Å². The van der Waals surface area contributed by atoms with Crippen molar-refractivity contribution in [2.24, 2.45) is 0 Å². The van der Waals surface area contributed by atoms with E-state index in [2.05, 4.69) is 79.8 Å². The summed E-state index contributed by atoms with van der Waals surface area (Å²) in [5, 5.41) is 27.1. The molecule has 0 unspecified atom stereocenters. The molecule has 0 aliphatic rings. The third-order valence-corrected chi connectivity index (χ3v) is 22.0. The number of hydrogen-bond acceptors (Lipinski definition) is 29. The van der Waals surface area contributed by atoms with Crippen LogP contribution >= 0.6 is 0 Å². The van der Waals surface area contributed by atoms with E-state index in [0.29, 0.717) is 140 Å². The number of nitrogen functional groups attached to an aromatic ring is 4. The van der Waals surface area contributed by atoms with Gasteiger partial charge in [0.2, 0.25) is 0 Å².